The number of carbonyl (C=O) groups is 2. The third-order valence-electron chi connectivity index (χ3n) is 6.05. The molecule has 2 aromatic rings. The summed E-state index contributed by atoms with van der Waals surface area (Å²) in [5, 5.41) is 3.38. The van der Waals surface area contributed by atoms with Crippen LogP contribution in [-0.2, 0) is 32.3 Å². The van der Waals surface area contributed by atoms with Crippen LogP contribution in [0.4, 0.5) is 18.9 Å². The van der Waals surface area contributed by atoms with Crippen LogP contribution in [0.5, 0.6) is 0 Å². The third kappa shape index (κ3) is 9.20. The van der Waals surface area contributed by atoms with Gasteiger partial charge in [-0.3, -0.25) is 13.9 Å². The van der Waals surface area contributed by atoms with Gasteiger partial charge in [0, 0.05) is 30.6 Å². The quantitative estimate of drug-likeness (QED) is 0.375. The lowest BCUT2D eigenvalue weighted by Gasteiger charge is -2.30. The monoisotopic (exact) mass is 575 g/mol. The number of alkyl halides is 3. The standard InChI is InChI=1S/C26H33ClF3N3O4S/c1-5-18(2)31-25(35)19(3)32(17-20-11-13-22(27)14-12-20)24(34)10-7-15-33(38(4,36)37)23-9-6-8-21(16-23)26(28,29)30/h6,8-9,11-14,16,18-19H,5,7,10,15,17H2,1-4H3,(H,31,35)/t18-,19+/m0/s1. The predicted molar refractivity (Wildman–Crippen MR) is 142 cm³/mol. The molecular formula is C26H33ClF3N3O4S. The average Bonchev–Trinajstić information content (AvgIpc) is 2.84. The van der Waals surface area contributed by atoms with Crippen molar-refractivity contribution in [3.8, 4) is 0 Å². The molecule has 2 amide bonds. The maximum atomic E-state index is 13.3. The number of benzene rings is 2. The van der Waals surface area contributed by atoms with Crippen LogP contribution < -0.4 is 9.62 Å². The molecule has 0 aliphatic heterocycles. The van der Waals surface area contributed by atoms with Crippen molar-refractivity contribution < 1.29 is 31.2 Å². The number of halogens is 4. The van der Waals surface area contributed by atoms with Crippen LogP contribution in [0, 0.1) is 0 Å². The second-order valence-electron chi connectivity index (χ2n) is 9.13. The number of hydrogen-bond donors (Lipinski definition) is 1. The fourth-order valence-electron chi connectivity index (χ4n) is 3.68. The van der Waals surface area contributed by atoms with Crippen molar-refractivity contribution in [2.75, 3.05) is 17.1 Å². The maximum absolute atomic E-state index is 13.3. The molecule has 12 heteroatoms. The zero-order chi connectivity index (χ0) is 28.7. The highest BCUT2D eigenvalue weighted by molar-refractivity contribution is 7.92. The van der Waals surface area contributed by atoms with E-state index >= 15 is 0 Å². The second kappa shape index (κ2) is 13.3. The van der Waals surface area contributed by atoms with E-state index in [2.05, 4.69) is 5.32 Å². The molecule has 2 atom stereocenters. The lowest BCUT2D eigenvalue weighted by atomic mass is 10.1. The fraction of sp³-hybridized carbons (Fsp3) is 0.462. The van der Waals surface area contributed by atoms with E-state index in [0.717, 1.165) is 34.3 Å². The molecule has 38 heavy (non-hydrogen) atoms. The van der Waals surface area contributed by atoms with Gasteiger partial charge in [0.25, 0.3) is 0 Å². The van der Waals surface area contributed by atoms with Crippen molar-refractivity contribution >= 4 is 39.1 Å². The molecule has 0 spiro atoms. The molecule has 0 aromatic heterocycles. The highest BCUT2D eigenvalue weighted by atomic mass is 35.5. The van der Waals surface area contributed by atoms with E-state index in [4.69, 9.17) is 11.6 Å². The van der Waals surface area contributed by atoms with Gasteiger partial charge < -0.3 is 10.2 Å². The van der Waals surface area contributed by atoms with Crippen LogP contribution in [0.25, 0.3) is 0 Å². The molecule has 0 unspecified atom stereocenters. The topological polar surface area (TPSA) is 86.8 Å². The molecule has 0 aliphatic rings. The number of rotatable bonds is 12. The normalized spacial score (nSPS) is 13.5. The van der Waals surface area contributed by atoms with Gasteiger partial charge in [0.1, 0.15) is 6.04 Å². The smallest absolute Gasteiger partial charge is 0.352 e. The largest absolute Gasteiger partial charge is 0.416 e. The fourth-order valence-corrected chi connectivity index (χ4v) is 4.76. The van der Waals surface area contributed by atoms with Crippen LogP contribution in [0.15, 0.2) is 48.5 Å². The molecule has 0 heterocycles. The van der Waals surface area contributed by atoms with E-state index in [1.54, 1.807) is 31.2 Å². The van der Waals surface area contributed by atoms with E-state index in [9.17, 15) is 31.2 Å². The molecule has 0 aliphatic carbocycles. The van der Waals surface area contributed by atoms with Crippen molar-refractivity contribution in [2.24, 2.45) is 0 Å². The molecule has 2 rings (SSSR count). The summed E-state index contributed by atoms with van der Waals surface area (Å²) in [6.45, 7) is 5.29. The van der Waals surface area contributed by atoms with Gasteiger partial charge >= 0.3 is 6.18 Å². The molecule has 0 fully saturated rings. The van der Waals surface area contributed by atoms with Crippen LogP contribution in [0.1, 0.15) is 51.2 Å². The first-order valence-corrected chi connectivity index (χ1v) is 14.3. The second-order valence-corrected chi connectivity index (χ2v) is 11.5. The average molecular weight is 576 g/mol. The van der Waals surface area contributed by atoms with E-state index in [1.165, 1.54) is 11.0 Å². The summed E-state index contributed by atoms with van der Waals surface area (Å²) < 4.78 is 65.1. The van der Waals surface area contributed by atoms with Crippen molar-refractivity contribution in [2.45, 2.75) is 64.8 Å². The van der Waals surface area contributed by atoms with E-state index < -0.39 is 33.7 Å². The minimum Gasteiger partial charge on any atom is -0.352 e. The minimum absolute atomic E-state index is 0.0268. The van der Waals surface area contributed by atoms with Crippen molar-refractivity contribution in [3.05, 3.63) is 64.7 Å². The summed E-state index contributed by atoms with van der Waals surface area (Å²) in [6.07, 6.45) is -3.13. The SMILES string of the molecule is CC[C@H](C)NC(=O)[C@@H](C)N(Cc1ccc(Cl)cc1)C(=O)CCCN(c1cccc(C(F)(F)F)c1)S(C)(=O)=O. The number of anilines is 1. The number of nitrogens with zero attached hydrogens (tertiary/aromatic N) is 2. The summed E-state index contributed by atoms with van der Waals surface area (Å²) in [6, 6.07) is 9.92. The summed E-state index contributed by atoms with van der Waals surface area (Å²) >= 11 is 5.96. The van der Waals surface area contributed by atoms with Gasteiger partial charge in [0.2, 0.25) is 21.8 Å². The summed E-state index contributed by atoms with van der Waals surface area (Å²) in [5.74, 6) is -0.729. The zero-order valence-electron chi connectivity index (χ0n) is 21.8. The Morgan fingerprint density at radius 1 is 1.08 bits per heavy atom. The van der Waals surface area contributed by atoms with Crippen LogP contribution >= 0.6 is 11.6 Å². The van der Waals surface area contributed by atoms with Gasteiger partial charge in [-0.1, -0.05) is 36.7 Å². The molecule has 210 valence electrons. The Balaban J connectivity index is 2.21. The zero-order valence-corrected chi connectivity index (χ0v) is 23.3. The van der Waals surface area contributed by atoms with Gasteiger partial charge in [-0.25, -0.2) is 8.42 Å². The van der Waals surface area contributed by atoms with Crippen molar-refractivity contribution in [3.63, 3.8) is 0 Å². The summed E-state index contributed by atoms with van der Waals surface area (Å²) in [5.41, 5.74) is -0.378. The van der Waals surface area contributed by atoms with Gasteiger partial charge in [-0.05, 0) is 62.6 Å². The first kappa shape index (κ1) is 31.4. The number of hydrogen-bond acceptors (Lipinski definition) is 4. The molecule has 7 nitrogen and oxygen atoms in total. The third-order valence-corrected chi connectivity index (χ3v) is 7.49. The van der Waals surface area contributed by atoms with Crippen LogP contribution in [0.2, 0.25) is 5.02 Å². The highest BCUT2D eigenvalue weighted by Gasteiger charge is 2.32. The molecular weight excluding hydrogens is 543 g/mol. The van der Waals surface area contributed by atoms with E-state index in [-0.39, 0.29) is 43.6 Å². The van der Waals surface area contributed by atoms with Gasteiger partial charge in [-0.2, -0.15) is 13.2 Å². The Hall–Kier alpha value is -2.79. The Kier molecular flexibility index (Phi) is 11.0. The number of nitrogens with one attached hydrogen (secondary N) is 1. The number of sulfonamides is 1. The van der Waals surface area contributed by atoms with Gasteiger partial charge in [-0.15, -0.1) is 0 Å². The van der Waals surface area contributed by atoms with Gasteiger partial charge in [0.15, 0.2) is 0 Å². The molecule has 0 saturated carbocycles. The highest BCUT2D eigenvalue weighted by Crippen LogP contribution is 2.32. The lowest BCUT2D eigenvalue weighted by molar-refractivity contribution is -0.140. The minimum atomic E-state index is -4.64. The first-order valence-electron chi connectivity index (χ1n) is 12.1. The Morgan fingerprint density at radius 2 is 1.71 bits per heavy atom. The van der Waals surface area contributed by atoms with Crippen molar-refractivity contribution in [1.82, 2.24) is 10.2 Å². The summed E-state index contributed by atoms with van der Waals surface area (Å²) in [7, 11) is -3.93. The molecule has 0 saturated heterocycles. The molecule has 1 N–H and O–H groups in total. The Bertz CT molecular complexity index is 1210. The Labute approximate surface area is 227 Å². The molecule has 2 aromatic carbocycles. The van der Waals surface area contributed by atoms with E-state index in [1.807, 2.05) is 13.8 Å². The van der Waals surface area contributed by atoms with E-state index in [0.29, 0.717) is 11.4 Å². The number of amides is 2. The number of carbonyl (C=O) groups excluding carboxylic acids is 2. The van der Waals surface area contributed by atoms with Crippen LogP contribution in [0.3, 0.4) is 0 Å². The molecule has 0 radical (unpaired) electrons. The lowest BCUT2D eigenvalue weighted by Crippen LogP contribution is -2.49. The van der Waals surface area contributed by atoms with Gasteiger partial charge in [0.05, 0.1) is 17.5 Å². The maximum Gasteiger partial charge on any atom is 0.416 e. The Morgan fingerprint density at radius 3 is 2.26 bits per heavy atom. The predicted octanol–water partition coefficient (Wildman–Crippen LogP) is 5.24. The first-order chi connectivity index (χ1) is 17.6. The van der Waals surface area contributed by atoms with Crippen LogP contribution in [-0.4, -0.2) is 50.0 Å². The van der Waals surface area contributed by atoms with Crippen molar-refractivity contribution in [1.29, 1.82) is 0 Å². The summed E-state index contributed by atoms with van der Waals surface area (Å²) in [4.78, 5) is 27.5. The molecule has 0 bridgehead atoms.